The fraction of sp³-hybridized carbons (Fsp3) is 0.462. The van der Waals surface area contributed by atoms with Crippen LogP contribution in [0.2, 0.25) is 0 Å². The predicted molar refractivity (Wildman–Crippen MR) is 65.6 cm³/mol. The Bertz CT molecular complexity index is 418. The summed E-state index contributed by atoms with van der Waals surface area (Å²) in [6.45, 7) is 0.810. The lowest BCUT2D eigenvalue weighted by molar-refractivity contribution is 0.0886. The first kappa shape index (κ1) is 12.7. The summed E-state index contributed by atoms with van der Waals surface area (Å²) in [6.07, 6.45) is -0.236. The monoisotopic (exact) mass is 251 g/mol. The minimum Gasteiger partial charge on any atom is -0.508 e. The van der Waals surface area contributed by atoms with Crippen molar-refractivity contribution in [1.82, 2.24) is 4.90 Å². The molecule has 1 saturated heterocycles. The molecule has 1 aliphatic rings. The second kappa shape index (κ2) is 5.27. The van der Waals surface area contributed by atoms with Crippen LogP contribution in [0.25, 0.3) is 0 Å². The molecular formula is C13H17NO4. The summed E-state index contributed by atoms with van der Waals surface area (Å²) in [7, 11) is 0. The van der Waals surface area contributed by atoms with Crippen LogP contribution < -0.4 is 0 Å². The number of carboxylic acid groups (broad SMARTS) is 1. The molecule has 98 valence electrons. The minimum atomic E-state index is -0.933. The molecule has 0 bridgehead atoms. The van der Waals surface area contributed by atoms with E-state index in [-0.39, 0.29) is 24.2 Å². The van der Waals surface area contributed by atoms with Crippen molar-refractivity contribution in [3.05, 3.63) is 29.8 Å². The quantitative estimate of drug-likeness (QED) is 0.743. The number of amides is 1. The Kier molecular flexibility index (Phi) is 3.72. The maximum atomic E-state index is 10.9. The van der Waals surface area contributed by atoms with Gasteiger partial charge in [0.05, 0.1) is 0 Å². The van der Waals surface area contributed by atoms with Crippen molar-refractivity contribution in [3.63, 3.8) is 0 Å². The van der Waals surface area contributed by atoms with Crippen molar-refractivity contribution in [2.24, 2.45) is 5.92 Å². The highest BCUT2D eigenvalue weighted by Crippen LogP contribution is 2.33. The van der Waals surface area contributed by atoms with E-state index in [1.54, 1.807) is 12.1 Å². The zero-order valence-electron chi connectivity index (χ0n) is 9.99. The first-order valence-corrected chi connectivity index (χ1v) is 5.99. The lowest BCUT2D eigenvalue weighted by atomic mass is 9.81. The van der Waals surface area contributed by atoms with E-state index in [1.165, 1.54) is 4.90 Å². The van der Waals surface area contributed by atoms with Crippen LogP contribution in [0, 0.1) is 5.92 Å². The van der Waals surface area contributed by atoms with E-state index in [9.17, 15) is 15.0 Å². The Morgan fingerprint density at radius 1 is 1.33 bits per heavy atom. The fourth-order valence-electron chi connectivity index (χ4n) is 2.55. The van der Waals surface area contributed by atoms with Crippen LogP contribution in [0.4, 0.5) is 4.79 Å². The van der Waals surface area contributed by atoms with Gasteiger partial charge in [0, 0.05) is 25.6 Å². The van der Waals surface area contributed by atoms with Gasteiger partial charge in [-0.05, 0) is 30.0 Å². The van der Waals surface area contributed by atoms with Crippen LogP contribution >= 0.6 is 0 Å². The number of carbonyl (C=O) groups is 1. The minimum absolute atomic E-state index is 0.0324. The zero-order chi connectivity index (χ0) is 13.1. The summed E-state index contributed by atoms with van der Waals surface area (Å²) in [4.78, 5) is 12.3. The van der Waals surface area contributed by atoms with Crippen molar-refractivity contribution >= 4 is 6.09 Å². The smallest absolute Gasteiger partial charge is 0.407 e. The van der Waals surface area contributed by atoms with Gasteiger partial charge in [-0.15, -0.1) is 0 Å². The van der Waals surface area contributed by atoms with E-state index in [4.69, 9.17) is 5.11 Å². The number of phenolic OH excluding ortho intramolecular Hbond substituents is 1. The highest BCUT2D eigenvalue weighted by atomic mass is 16.4. The summed E-state index contributed by atoms with van der Waals surface area (Å²) in [6, 6.07) is 6.90. The van der Waals surface area contributed by atoms with Crippen molar-refractivity contribution in [2.75, 3.05) is 19.7 Å². The Labute approximate surface area is 105 Å². The molecule has 2 atom stereocenters. The predicted octanol–water partition coefficient (Wildman–Crippen LogP) is 1.47. The van der Waals surface area contributed by atoms with Gasteiger partial charge in [0.2, 0.25) is 0 Å². The van der Waals surface area contributed by atoms with E-state index < -0.39 is 6.09 Å². The van der Waals surface area contributed by atoms with Gasteiger partial charge in [-0.3, -0.25) is 0 Å². The second-order valence-electron chi connectivity index (χ2n) is 4.66. The molecule has 1 aromatic rings. The third-order valence-electron chi connectivity index (χ3n) is 3.56. The van der Waals surface area contributed by atoms with Gasteiger partial charge in [-0.1, -0.05) is 12.1 Å². The number of benzene rings is 1. The molecule has 0 aromatic heterocycles. The molecule has 0 spiro atoms. The van der Waals surface area contributed by atoms with Gasteiger partial charge < -0.3 is 20.2 Å². The van der Waals surface area contributed by atoms with Gasteiger partial charge in [-0.2, -0.15) is 0 Å². The Morgan fingerprint density at radius 2 is 2.00 bits per heavy atom. The van der Waals surface area contributed by atoms with Crippen LogP contribution in [0.1, 0.15) is 17.9 Å². The topological polar surface area (TPSA) is 81.0 Å². The van der Waals surface area contributed by atoms with E-state index >= 15 is 0 Å². The molecular weight excluding hydrogens is 234 g/mol. The standard InChI is InChI=1S/C13H17NO4/c15-8-10-7-14(13(17)18)6-5-12(10)9-1-3-11(16)4-2-9/h1-4,10,12,15-16H,5-8H2,(H,17,18). The third kappa shape index (κ3) is 2.56. The Morgan fingerprint density at radius 3 is 2.56 bits per heavy atom. The molecule has 1 amide bonds. The van der Waals surface area contributed by atoms with Crippen molar-refractivity contribution in [1.29, 1.82) is 0 Å². The molecule has 0 aliphatic carbocycles. The molecule has 2 unspecified atom stereocenters. The van der Waals surface area contributed by atoms with E-state index in [0.29, 0.717) is 19.5 Å². The number of rotatable bonds is 2. The van der Waals surface area contributed by atoms with Gasteiger partial charge in [0.25, 0.3) is 0 Å². The average Bonchev–Trinajstić information content (AvgIpc) is 2.39. The highest BCUT2D eigenvalue weighted by Gasteiger charge is 2.31. The number of hydrogen-bond acceptors (Lipinski definition) is 3. The van der Waals surface area contributed by atoms with Crippen LogP contribution in [0.3, 0.4) is 0 Å². The van der Waals surface area contributed by atoms with Crippen molar-refractivity contribution in [2.45, 2.75) is 12.3 Å². The number of aromatic hydroxyl groups is 1. The second-order valence-corrected chi connectivity index (χ2v) is 4.66. The van der Waals surface area contributed by atoms with Gasteiger partial charge in [0.1, 0.15) is 5.75 Å². The van der Waals surface area contributed by atoms with Crippen molar-refractivity contribution < 1.29 is 20.1 Å². The first-order valence-electron chi connectivity index (χ1n) is 5.99. The molecule has 1 fully saturated rings. The first-order chi connectivity index (χ1) is 8.61. The lowest BCUT2D eigenvalue weighted by Crippen LogP contribution is -2.43. The maximum absolute atomic E-state index is 10.9. The van der Waals surface area contributed by atoms with Gasteiger partial charge >= 0.3 is 6.09 Å². The summed E-state index contributed by atoms with van der Waals surface area (Å²) < 4.78 is 0. The number of phenols is 1. The molecule has 1 aromatic carbocycles. The van der Waals surface area contributed by atoms with Gasteiger partial charge in [0.15, 0.2) is 0 Å². The van der Waals surface area contributed by atoms with E-state index in [1.807, 2.05) is 12.1 Å². The van der Waals surface area contributed by atoms with Crippen LogP contribution in [-0.4, -0.2) is 46.0 Å². The van der Waals surface area contributed by atoms with Crippen LogP contribution in [-0.2, 0) is 0 Å². The lowest BCUT2D eigenvalue weighted by Gasteiger charge is -2.36. The number of hydrogen-bond donors (Lipinski definition) is 3. The van der Waals surface area contributed by atoms with Gasteiger partial charge in [-0.25, -0.2) is 4.79 Å². The normalized spacial score (nSPS) is 23.9. The van der Waals surface area contributed by atoms with Crippen LogP contribution in [0.5, 0.6) is 5.75 Å². The number of aliphatic hydroxyl groups excluding tert-OH is 1. The molecule has 1 heterocycles. The molecule has 0 saturated carbocycles. The number of nitrogens with zero attached hydrogens (tertiary/aromatic N) is 1. The Balaban J connectivity index is 2.14. The van der Waals surface area contributed by atoms with E-state index in [0.717, 1.165) is 5.56 Å². The summed E-state index contributed by atoms with van der Waals surface area (Å²) >= 11 is 0. The molecule has 1 aliphatic heterocycles. The van der Waals surface area contributed by atoms with E-state index in [2.05, 4.69) is 0 Å². The summed E-state index contributed by atoms with van der Waals surface area (Å²) in [5.41, 5.74) is 1.04. The molecule has 2 rings (SSSR count). The number of aliphatic hydroxyl groups is 1. The Hall–Kier alpha value is -1.75. The average molecular weight is 251 g/mol. The molecule has 0 radical (unpaired) electrons. The summed E-state index contributed by atoms with van der Waals surface area (Å²) in [5.74, 6) is 0.271. The fourth-order valence-corrected chi connectivity index (χ4v) is 2.55. The number of likely N-dealkylation sites (tertiary alicyclic amines) is 1. The SMILES string of the molecule is O=C(O)N1CCC(c2ccc(O)cc2)C(CO)C1. The molecule has 5 nitrogen and oxygen atoms in total. The summed E-state index contributed by atoms with van der Waals surface area (Å²) in [5, 5.41) is 27.6. The molecule has 5 heteroatoms. The molecule has 18 heavy (non-hydrogen) atoms. The van der Waals surface area contributed by atoms with Crippen LogP contribution in [0.15, 0.2) is 24.3 Å². The third-order valence-corrected chi connectivity index (χ3v) is 3.56. The number of piperidine rings is 1. The maximum Gasteiger partial charge on any atom is 0.407 e. The highest BCUT2D eigenvalue weighted by molar-refractivity contribution is 5.65. The zero-order valence-corrected chi connectivity index (χ0v) is 9.99. The largest absolute Gasteiger partial charge is 0.508 e. The molecule has 3 N–H and O–H groups in total. The van der Waals surface area contributed by atoms with Crippen molar-refractivity contribution in [3.8, 4) is 5.75 Å².